The Balaban J connectivity index is 2.46. The Hall–Kier alpha value is -2.02. The van der Waals surface area contributed by atoms with Gasteiger partial charge in [-0.2, -0.15) is 5.26 Å². The first-order valence-electron chi connectivity index (χ1n) is 6.01. The van der Waals surface area contributed by atoms with Gasteiger partial charge in [-0.25, -0.2) is 0 Å². The number of carbonyl (C=O) groups is 1. The number of nitrogens with two attached hydrogens (primary N) is 1. The summed E-state index contributed by atoms with van der Waals surface area (Å²) in [4.78, 5) is 13.5. The average Bonchev–Trinajstić information content (AvgIpc) is 2.37. The van der Waals surface area contributed by atoms with Crippen molar-refractivity contribution in [1.29, 1.82) is 5.26 Å². The van der Waals surface area contributed by atoms with Crippen molar-refractivity contribution >= 4 is 11.6 Å². The number of nitriles is 1. The van der Waals surface area contributed by atoms with Crippen LogP contribution in [0.15, 0.2) is 24.3 Å². The highest BCUT2D eigenvalue weighted by Crippen LogP contribution is 2.10. The molecule has 1 atom stereocenters. The van der Waals surface area contributed by atoms with Crippen LogP contribution in [0.1, 0.15) is 25.3 Å². The Morgan fingerprint density at radius 2 is 2.06 bits per heavy atom. The fraction of sp³-hybridized carbons (Fsp3) is 0.429. The second kappa shape index (κ2) is 6.65. The first-order valence-corrected chi connectivity index (χ1v) is 6.01. The van der Waals surface area contributed by atoms with Gasteiger partial charge in [-0.3, -0.25) is 4.79 Å². The van der Waals surface area contributed by atoms with Crippen LogP contribution < -0.4 is 5.73 Å². The maximum atomic E-state index is 11.9. The number of nitrogens with zero attached hydrogens (tertiary/aromatic N) is 2. The summed E-state index contributed by atoms with van der Waals surface area (Å²) in [6, 6.07) is 9.58. The van der Waals surface area contributed by atoms with Crippen LogP contribution in [-0.4, -0.2) is 23.9 Å². The van der Waals surface area contributed by atoms with Gasteiger partial charge < -0.3 is 10.6 Å². The first kappa shape index (κ1) is 14.0. The Bertz CT molecular complexity index is 433. The van der Waals surface area contributed by atoms with Crippen molar-refractivity contribution in [3.8, 4) is 6.07 Å². The predicted molar refractivity (Wildman–Crippen MR) is 71.6 cm³/mol. The van der Waals surface area contributed by atoms with Crippen molar-refractivity contribution in [2.45, 2.75) is 32.2 Å². The van der Waals surface area contributed by atoms with E-state index in [0.29, 0.717) is 19.3 Å². The molecule has 1 unspecified atom stereocenters. The van der Waals surface area contributed by atoms with Crippen LogP contribution in [0, 0.1) is 11.3 Å². The van der Waals surface area contributed by atoms with Crippen LogP contribution in [0.4, 0.5) is 5.69 Å². The molecule has 0 aromatic heterocycles. The van der Waals surface area contributed by atoms with Crippen molar-refractivity contribution in [3.05, 3.63) is 29.8 Å². The van der Waals surface area contributed by atoms with Gasteiger partial charge in [-0.05, 0) is 31.0 Å². The molecule has 1 aromatic rings. The second-order valence-electron chi connectivity index (χ2n) is 4.46. The monoisotopic (exact) mass is 245 g/mol. The van der Waals surface area contributed by atoms with Crippen LogP contribution in [0.5, 0.6) is 0 Å². The van der Waals surface area contributed by atoms with Crippen molar-refractivity contribution in [2.24, 2.45) is 0 Å². The molecule has 0 saturated carbocycles. The smallest absolute Gasteiger partial charge is 0.222 e. The highest BCUT2D eigenvalue weighted by Gasteiger charge is 2.14. The first-order chi connectivity index (χ1) is 8.54. The summed E-state index contributed by atoms with van der Waals surface area (Å²) in [6.07, 6.45) is 1.52. The lowest BCUT2D eigenvalue weighted by Crippen LogP contribution is -2.34. The molecule has 0 saturated heterocycles. The Morgan fingerprint density at radius 3 is 2.61 bits per heavy atom. The summed E-state index contributed by atoms with van der Waals surface area (Å²) in [5.41, 5.74) is 7.42. The molecule has 4 heteroatoms. The zero-order valence-electron chi connectivity index (χ0n) is 10.9. The van der Waals surface area contributed by atoms with E-state index in [0.717, 1.165) is 11.3 Å². The van der Waals surface area contributed by atoms with Crippen molar-refractivity contribution in [1.82, 2.24) is 4.90 Å². The molecular weight excluding hydrogens is 226 g/mol. The van der Waals surface area contributed by atoms with E-state index in [1.165, 1.54) is 0 Å². The van der Waals surface area contributed by atoms with Crippen molar-refractivity contribution in [2.75, 3.05) is 12.8 Å². The van der Waals surface area contributed by atoms with Crippen LogP contribution in [0.25, 0.3) is 0 Å². The molecule has 18 heavy (non-hydrogen) atoms. The second-order valence-corrected chi connectivity index (χ2v) is 4.46. The third kappa shape index (κ3) is 4.10. The molecule has 0 aliphatic heterocycles. The zero-order valence-corrected chi connectivity index (χ0v) is 10.9. The van der Waals surface area contributed by atoms with E-state index in [1.807, 2.05) is 31.2 Å². The summed E-state index contributed by atoms with van der Waals surface area (Å²) in [7, 11) is 1.74. The van der Waals surface area contributed by atoms with E-state index in [-0.39, 0.29) is 11.9 Å². The van der Waals surface area contributed by atoms with Gasteiger partial charge in [0.25, 0.3) is 0 Å². The molecule has 4 nitrogen and oxygen atoms in total. The lowest BCUT2D eigenvalue weighted by Gasteiger charge is -2.22. The standard InChI is InChI=1S/C14H19N3O/c1-11(9-10-15)17(2)14(18)8-5-12-3-6-13(16)7-4-12/h3-4,6-7,11H,5,8-9,16H2,1-2H3. The molecule has 0 fully saturated rings. The van der Waals surface area contributed by atoms with Crippen LogP contribution in [-0.2, 0) is 11.2 Å². The summed E-state index contributed by atoms with van der Waals surface area (Å²) in [5.74, 6) is 0.0644. The molecule has 1 aromatic carbocycles. The van der Waals surface area contributed by atoms with E-state index in [2.05, 4.69) is 6.07 Å². The van der Waals surface area contributed by atoms with Crippen molar-refractivity contribution < 1.29 is 4.79 Å². The molecule has 96 valence electrons. The highest BCUT2D eigenvalue weighted by atomic mass is 16.2. The maximum absolute atomic E-state index is 11.9. The minimum Gasteiger partial charge on any atom is -0.399 e. The predicted octanol–water partition coefficient (Wildman–Crippen LogP) is 1.96. The van der Waals surface area contributed by atoms with Gasteiger partial charge in [0.05, 0.1) is 12.5 Å². The summed E-state index contributed by atoms with van der Waals surface area (Å²) in [5, 5.41) is 8.60. The van der Waals surface area contributed by atoms with Crippen LogP contribution in [0.3, 0.4) is 0 Å². The Labute approximate surface area is 108 Å². The molecule has 0 heterocycles. The molecule has 0 spiro atoms. The summed E-state index contributed by atoms with van der Waals surface area (Å²) >= 11 is 0. The number of aryl methyl sites for hydroxylation is 1. The molecular formula is C14H19N3O. The van der Waals surface area contributed by atoms with E-state index in [9.17, 15) is 4.79 Å². The summed E-state index contributed by atoms with van der Waals surface area (Å²) in [6.45, 7) is 1.88. The molecule has 0 aliphatic carbocycles. The number of carbonyl (C=O) groups excluding carboxylic acids is 1. The number of rotatable bonds is 5. The number of amides is 1. The van der Waals surface area contributed by atoms with Gasteiger partial charge in [-0.1, -0.05) is 12.1 Å². The molecule has 2 N–H and O–H groups in total. The van der Waals surface area contributed by atoms with Crippen molar-refractivity contribution in [3.63, 3.8) is 0 Å². The molecule has 0 radical (unpaired) electrons. The normalized spacial score (nSPS) is 11.6. The van der Waals surface area contributed by atoms with E-state index in [1.54, 1.807) is 11.9 Å². The van der Waals surface area contributed by atoms with Crippen LogP contribution in [0.2, 0.25) is 0 Å². The van der Waals surface area contributed by atoms with E-state index < -0.39 is 0 Å². The molecule has 1 rings (SSSR count). The fourth-order valence-corrected chi connectivity index (χ4v) is 1.63. The minimum atomic E-state index is -0.0334. The quantitative estimate of drug-likeness (QED) is 0.806. The Morgan fingerprint density at radius 1 is 1.44 bits per heavy atom. The number of nitrogen functional groups attached to an aromatic ring is 1. The largest absolute Gasteiger partial charge is 0.399 e. The number of hydrogen-bond donors (Lipinski definition) is 1. The average molecular weight is 245 g/mol. The third-order valence-corrected chi connectivity index (χ3v) is 3.05. The number of anilines is 1. The van der Waals surface area contributed by atoms with Gasteiger partial charge in [-0.15, -0.1) is 0 Å². The molecule has 0 aliphatic rings. The zero-order chi connectivity index (χ0) is 13.5. The Kier molecular flexibility index (Phi) is 5.19. The number of hydrogen-bond acceptors (Lipinski definition) is 3. The molecule has 1 amide bonds. The SMILES string of the molecule is CC(CC#N)N(C)C(=O)CCc1ccc(N)cc1. The van der Waals surface area contributed by atoms with Gasteiger partial charge in [0, 0.05) is 25.2 Å². The molecule has 0 bridgehead atoms. The lowest BCUT2D eigenvalue weighted by atomic mass is 10.1. The maximum Gasteiger partial charge on any atom is 0.222 e. The van der Waals surface area contributed by atoms with Gasteiger partial charge >= 0.3 is 0 Å². The van der Waals surface area contributed by atoms with Gasteiger partial charge in [0.1, 0.15) is 0 Å². The van der Waals surface area contributed by atoms with Crippen LogP contribution >= 0.6 is 0 Å². The minimum absolute atomic E-state index is 0.0334. The topological polar surface area (TPSA) is 70.1 Å². The van der Waals surface area contributed by atoms with Gasteiger partial charge in [0.15, 0.2) is 0 Å². The highest BCUT2D eigenvalue weighted by molar-refractivity contribution is 5.76. The van der Waals surface area contributed by atoms with E-state index in [4.69, 9.17) is 11.0 Å². The fourth-order valence-electron chi connectivity index (χ4n) is 1.63. The van der Waals surface area contributed by atoms with Gasteiger partial charge in [0.2, 0.25) is 5.91 Å². The number of benzene rings is 1. The summed E-state index contributed by atoms with van der Waals surface area (Å²) < 4.78 is 0. The van der Waals surface area contributed by atoms with E-state index >= 15 is 0 Å². The lowest BCUT2D eigenvalue weighted by molar-refractivity contribution is -0.131. The third-order valence-electron chi connectivity index (χ3n) is 3.05.